The molecule has 1 aliphatic heterocycles. The average Bonchev–Trinajstić information content (AvgIpc) is 3.48. The zero-order valence-electron chi connectivity index (χ0n) is 19.0. The van der Waals surface area contributed by atoms with E-state index in [4.69, 9.17) is 4.52 Å². The van der Waals surface area contributed by atoms with E-state index in [9.17, 15) is 17.2 Å². The monoisotopic (exact) mass is 500 g/mol. The molecule has 0 unspecified atom stereocenters. The second-order valence-corrected chi connectivity index (χ2v) is 11.7. The topological polar surface area (TPSA) is 107 Å². The number of hydrogen-bond donors (Lipinski definition) is 0. The molecule has 1 fully saturated rings. The molecule has 182 valence electrons. The highest BCUT2D eigenvalue weighted by Crippen LogP contribution is 2.30. The number of nitrogens with zero attached hydrogens (tertiary/aromatic N) is 6. The lowest BCUT2D eigenvalue weighted by Gasteiger charge is -2.38. The van der Waals surface area contributed by atoms with E-state index < -0.39 is 20.4 Å². The summed E-state index contributed by atoms with van der Waals surface area (Å²) in [5, 5.41) is 8.50. The zero-order chi connectivity index (χ0) is 24.8. The standard InChI is InChI=1S/C23H22F2N6O3S/c1-23(2)14-30(8-10-35(23,32)33)22-17(25)12-26-21(27-22)19-11-20(18-7-9-34-29-18)31(28-19)13-15-5-3-4-6-16(15)24/h3-7,9,11-12H,8,10,13-14H2,1-2H3. The molecule has 0 aliphatic carbocycles. The summed E-state index contributed by atoms with van der Waals surface area (Å²) >= 11 is 0. The molecule has 4 heterocycles. The Morgan fingerprint density at radius 3 is 2.63 bits per heavy atom. The smallest absolute Gasteiger partial charge is 0.183 e. The molecular formula is C23H22F2N6O3S. The molecule has 35 heavy (non-hydrogen) atoms. The van der Waals surface area contributed by atoms with Crippen molar-refractivity contribution in [2.75, 3.05) is 23.7 Å². The Bertz CT molecular complexity index is 1480. The summed E-state index contributed by atoms with van der Waals surface area (Å²) in [6, 6.07) is 9.67. The van der Waals surface area contributed by atoms with E-state index in [-0.39, 0.29) is 42.8 Å². The molecule has 1 aromatic carbocycles. The predicted octanol–water partition coefficient (Wildman–Crippen LogP) is 3.34. The predicted molar refractivity (Wildman–Crippen MR) is 124 cm³/mol. The summed E-state index contributed by atoms with van der Waals surface area (Å²) in [6.07, 6.45) is 2.45. The molecule has 0 N–H and O–H groups in total. The molecule has 9 nitrogen and oxygen atoms in total. The molecule has 0 spiro atoms. The van der Waals surface area contributed by atoms with Crippen LogP contribution < -0.4 is 4.90 Å². The van der Waals surface area contributed by atoms with Gasteiger partial charge in [-0.1, -0.05) is 23.4 Å². The van der Waals surface area contributed by atoms with Gasteiger partial charge in [-0.15, -0.1) is 0 Å². The van der Waals surface area contributed by atoms with Crippen molar-refractivity contribution in [1.29, 1.82) is 0 Å². The molecule has 1 saturated heterocycles. The van der Waals surface area contributed by atoms with Crippen LogP contribution in [0, 0.1) is 11.6 Å². The Morgan fingerprint density at radius 2 is 1.91 bits per heavy atom. The SMILES string of the molecule is CC1(C)CN(c2nc(-c3cc(-c4ccon4)n(Cc4ccccc4F)n3)ncc2F)CCS1(=O)=O. The van der Waals surface area contributed by atoms with Crippen molar-refractivity contribution in [3.8, 4) is 22.9 Å². The van der Waals surface area contributed by atoms with Gasteiger partial charge in [0.2, 0.25) is 0 Å². The van der Waals surface area contributed by atoms with E-state index in [1.807, 2.05) is 0 Å². The van der Waals surface area contributed by atoms with Crippen LogP contribution in [0.15, 0.2) is 53.4 Å². The Balaban J connectivity index is 1.54. The summed E-state index contributed by atoms with van der Waals surface area (Å²) in [7, 11) is -3.31. The lowest BCUT2D eigenvalue weighted by Crippen LogP contribution is -2.53. The maximum Gasteiger partial charge on any atom is 0.183 e. The number of halogens is 2. The fourth-order valence-electron chi connectivity index (χ4n) is 4.01. The zero-order valence-corrected chi connectivity index (χ0v) is 19.8. The highest BCUT2D eigenvalue weighted by atomic mass is 32.2. The quantitative estimate of drug-likeness (QED) is 0.411. The van der Waals surface area contributed by atoms with Gasteiger partial charge in [0, 0.05) is 24.7 Å². The average molecular weight is 501 g/mol. The van der Waals surface area contributed by atoms with Crippen molar-refractivity contribution < 1.29 is 21.7 Å². The lowest BCUT2D eigenvalue weighted by molar-refractivity contribution is 0.421. The Morgan fingerprint density at radius 1 is 1.11 bits per heavy atom. The molecule has 0 amide bonds. The molecular weight excluding hydrogens is 478 g/mol. The molecule has 0 bridgehead atoms. The molecule has 1 aliphatic rings. The number of hydrogen-bond acceptors (Lipinski definition) is 8. The normalized spacial score (nSPS) is 17.0. The van der Waals surface area contributed by atoms with Gasteiger partial charge in [0.25, 0.3) is 0 Å². The third-order valence-corrected chi connectivity index (χ3v) is 8.59. The largest absolute Gasteiger partial charge is 0.364 e. The third-order valence-electron chi connectivity index (χ3n) is 6.06. The van der Waals surface area contributed by atoms with Gasteiger partial charge in [0.15, 0.2) is 27.3 Å². The Kier molecular flexibility index (Phi) is 5.62. The van der Waals surface area contributed by atoms with Crippen molar-refractivity contribution in [2.24, 2.45) is 0 Å². The fraction of sp³-hybridized carbons (Fsp3) is 0.304. The summed E-state index contributed by atoms with van der Waals surface area (Å²) in [6.45, 7) is 3.55. The fourth-order valence-corrected chi connectivity index (χ4v) is 5.38. The molecule has 0 radical (unpaired) electrons. The van der Waals surface area contributed by atoms with Gasteiger partial charge in [-0.25, -0.2) is 27.2 Å². The summed E-state index contributed by atoms with van der Waals surface area (Å²) in [5.41, 5.74) is 1.76. The minimum Gasteiger partial charge on any atom is -0.364 e. The van der Waals surface area contributed by atoms with Crippen LogP contribution in [0.4, 0.5) is 14.6 Å². The van der Waals surface area contributed by atoms with Crippen LogP contribution >= 0.6 is 0 Å². The first-order chi connectivity index (χ1) is 16.6. The molecule has 12 heteroatoms. The van der Waals surface area contributed by atoms with Crippen LogP contribution in [-0.2, 0) is 16.4 Å². The van der Waals surface area contributed by atoms with E-state index in [0.29, 0.717) is 22.6 Å². The van der Waals surface area contributed by atoms with Crippen LogP contribution in [0.2, 0.25) is 0 Å². The van der Waals surface area contributed by atoms with Crippen LogP contribution in [0.25, 0.3) is 22.9 Å². The van der Waals surface area contributed by atoms with E-state index >= 15 is 0 Å². The van der Waals surface area contributed by atoms with Gasteiger partial charge in [-0.05, 0) is 26.0 Å². The Hall–Kier alpha value is -3.67. The number of aromatic nitrogens is 5. The number of rotatable bonds is 5. The summed E-state index contributed by atoms with van der Waals surface area (Å²) < 4.78 is 59.3. The van der Waals surface area contributed by atoms with Crippen LogP contribution in [0.5, 0.6) is 0 Å². The van der Waals surface area contributed by atoms with Crippen molar-refractivity contribution in [3.63, 3.8) is 0 Å². The van der Waals surface area contributed by atoms with Gasteiger partial charge < -0.3 is 9.42 Å². The van der Waals surface area contributed by atoms with Crippen molar-refractivity contribution in [1.82, 2.24) is 24.9 Å². The van der Waals surface area contributed by atoms with E-state index in [0.717, 1.165) is 6.20 Å². The molecule has 0 saturated carbocycles. The molecule has 3 aromatic heterocycles. The van der Waals surface area contributed by atoms with Gasteiger partial charge in [-0.2, -0.15) is 5.10 Å². The highest BCUT2D eigenvalue weighted by Gasteiger charge is 2.41. The van der Waals surface area contributed by atoms with E-state index in [1.165, 1.54) is 12.3 Å². The third kappa shape index (κ3) is 4.29. The maximum atomic E-state index is 14.7. The number of anilines is 1. The second kappa shape index (κ2) is 8.52. The molecule has 5 rings (SSSR count). The number of benzene rings is 1. The first-order valence-electron chi connectivity index (χ1n) is 10.9. The maximum absolute atomic E-state index is 14.7. The van der Waals surface area contributed by atoms with E-state index in [1.54, 1.807) is 53.8 Å². The minimum atomic E-state index is -3.31. The Labute approximate surface area is 200 Å². The number of sulfone groups is 1. The minimum absolute atomic E-state index is 0.00427. The highest BCUT2D eigenvalue weighted by molar-refractivity contribution is 7.92. The van der Waals surface area contributed by atoms with Gasteiger partial charge in [0.1, 0.15) is 23.5 Å². The van der Waals surface area contributed by atoms with Crippen molar-refractivity contribution in [3.05, 3.63) is 66.1 Å². The second-order valence-electron chi connectivity index (χ2n) is 8.91. The molecule has 0 atom stereocenters. The van der Waals surface area contributed by atoms with Gasteiger partial charge in [0.05, 0.1) is 28.9 Å². The first-order valence-corrected chi connectivity index (χ1v) is 12.5. The summed E-state index contributed by atoms with van der Waals surface area (Å²) in [4.78, 5) is 10.1. The van der Waals surface area contributed by atoms with Crippen LogP contribution in [0.3, 0.4) is 0 Å². The van der Waals surface area contributed by atoms with Crippen LogP contribution in [-0.4, -0.2) is 56.9 Å². The summed E-state index contributed by atoms with van der Waals surface area (Å²) in [5.74, 6) is -0.994. The van der Waals surface area contributed by atoms with Crippen molar-refractivity contribution in [2.45, 2.75) is 25.1 Å². The van der Waals surface area contributed by atoms with Gasteiger partial charge in [-0.3, -0.25) is 4.68 Å². The van der Waals surface area contributed by atoms with Gasteiger partial charge >= 0.3 is 0 Å². The first kappa shape index (κ1) is 23.1. The van der Waals surface area contributed by atoms with Crippen LogP contribution in [0.1, 0.15) is 19.4 Å². The molecule has 4 aromatic rings. The van der Waals surface area contributed by atoms with E-state index in [2.05, 4.69) is 20.2 Å². The lowest BCUT2D eigenvalue weighted by atomic mass is 10.2. The van der Waals surface area contributed by atoms with Crippen molar-refractivity contribution >= 4 is 15.7 Å².